The van der Waals surface area contributed by atoms with E-state index in [1.165, 1.54) is 11.7 Å². The minimum Gasteiger partial charge on any atom is -0.387 e. The summed E-state index contributed by atoms with van der Waals surface area (Å²) in [5, 5.41) is 6.37. The zero-order valence-corrected chi connectivity index (χ0v) is 6.44. The topological polar surface area (TPSA) is 24.1 Å². The fourth-order valence-electron chi connectivity index (χ4n) is 0.902. The van der Waals surface area contributed by atoms with Crippen LogP contribution in [0.15, 0.2) is 24.0 Å². The Hall–Kier alpha value is -0.920. The zero-order chi connectivity index (χ0) is 7.40. The fraction of sp³-hybridized carbons (Fsp3) is 0.375. The molecule has 0 saturated carbocycles. The van der Waals surface area contributed by atoms with Gasteiger partial charge in [-0.3, -0.25) is 0 Å². The molecule has 0 saturated heterocycles. The van der Waals surface area contributed by atoms with Gasteiger partial charge in [0.15, 0.2) is 0 Å². The molecular formula is C8H13N2. The lowest BCUT2D eigenvalue weighted by Crippen LogP contribution is -2.26. The molecule has 0 amide bonds. The van der Waals surface area contributed by atoms with E-state index in [2.05, 4.69) is 30.6 Å². The van der Waals surface area contributed by atoms with E-state index in [0.29, 0.717) is 0 Å². The molecule has 2 N–H and O–H groups in total. The van der Waals surface area contributed by atoms with Gasteiger partial charge in [0.25, 0.3) is 0 Å². The highest BCUT2D eigenvalue weighted by Crippen LogP contribution is 2.09. The van der Waals surface area contributed by atoms with Crippen LogP contribution in [-0.4, -0.2) is 6.54 Å². The Bertz CT molecular complexity index is 159. The molecule has 0 aliphatic carbocycles. The molecule has 0 aromatic carbocycles. The van der Waals surface area contributed by atoms with Crippen molar-refractivity contribution >= 4 is 0 Å². The quantitative estimate of drug-likeness (QED) is 0.596. The maximum Gasteiger partial charge on any atom is 0.102 e. The molecule has 55 valence electrons. The Balaban J connectivity index is 2.52. The van der Waals surface area contributed by atoms with Gasteiger partial charge in [-0.2, -0.15) is 0 Å². The Morgan fingerprint density at radius 1 is 1.60 bits per heavy atom. The third kappa shape index (κ3) is 1.53. The second kappa shape index (κ2) is 3.30. The van der Waals surface area contributed by atoms with E-state index < -0.39 is 0 Å². The molecule has 0 aromatic heterocycles. The SMILES string of the molecule is CCNC1=CC=CN[C]1C. The zero-order valence-electron chi connectivity index (χ0n) is 6.44. The van der Waals surface area contributed by atoms with E-state index in [4.69, 9.17) is 0 Å². The van der Waals surface area contributed by atoms with Crippen molar-refractivity contribution in [3.63, 3.8) is 0 Å². The molecule has 1 heterocycles. The Morgan fingerprint density at radius 2 is 2.40 bits per heavy atom. The number of dihydropyridines is 1. The standard InChI is InChI=1S/C8H13N2/c1-3-9-8-5-4-6-10-7(8)2/h4-6,9-10H,3H2,1-2H3. The summed E-state index contributed by atoms with van der Waals surface area (Å²) < 4.78 is 0. The molecule has 0 aromatic rings. The van der Waals surface area contributed by atoms with Crippen molar-refractivity contribution in [2.24, 2.45) is 0 Å². The van der Waals surface area contributed by atoms with Gasteiger partial charge in [-0.1, -0.05) is 0 Å². The molecule has 2 heteroatoms. The Morgan fingerprint density at radius 3 is 3.00 bits per heavy atom. The lowest BCUT2D eigenvalue weighted by atomic mass is 10.2. The van der Waals surface area contributed by atoms with Crippen molar-refractivity contribution in [3.05, 3.63) is 30.1 Å². The van der Waals surface area contributed by atoms with Crippen LogP contribution in [-0.2, 0) is 0 Å². The lowest BCUT2D eigenvalue weighted by Gasteiger charge is -2.18. The normalized spacial score (nSPS) is 18.0. The number of hydrogen-bond donors (Lipinski definition) is 2. The predicted octanol–water partition coefficient (Wildman–Crippen LogP) is 1.15. The molecule has 0 spiro atoms. The second-order valence-corrected chi connectivity index (χ2v) is 2.24. The van der Waals surface area contributed by atoms with Crippen LogP contribution in [0.4, 0.5) is 0 Å². The van der Waals surface area contributed by atoms with Gasteiger partial charge in [-0.25, -0.2) is 0 Å². The summed E-state index contributed by atoms with van der Waals surface area (Å²) in [4.78, 5) is 0. The van der Waals surface area contributed by atoms with Crippen LogP contribution < -0.4 is 10.6 Å². The fourth-order valence-corrected chi connectivity index (χ4v) is 0.902. The van der Waals surface area contributed by atoms with Gasteiger partial charge < -0.3 is 10.6 Å². The van der Waals surface area contributed by atoms with Gasteiger partial charge in [-0.15, -0.1) is 0 Å². The summed E-state index contributed by atoms with van der Waals surface area (Å²) in [6.45, 7) is 5.11. The molecule has 10 heavy (non-hydrogen) atoms. The van der Waals surface area contributed by atoms with Gasteiger partial charge in [-0.05, 0) is 32.2 Å². The first kappa shape index (κ1) is 7.19. The molecule has 1 rings (SSSR count). The summed E-state index contributed by atoms with van der Waals surface area (Å²) in [5.74, 6) is 0. The number of rotatable bonds is 2. The van der Waals surface area contributed by atoms with Crippen LogP contribution in [0.1, 0.15) is 13.8 Å². The molecule has 0 atom stereocenters. The smallest absolute Gasteiger partial charge is 0.102 e. The van der Waals surface area contributed by atoms with Crippen molar-refractivity contribution in [2.45, 2.75) is 13.8 Å². The van der Waals surface area contributed by atoms with Crippen molar-refractivity contribution in [1.29, 1.82) is 0 Å². The summed E-state index contributed by atoms with van der Waals surface area (Å²) in [5.41, 5.74) is 1.19. The van der Waals surface area contributed by atoms with Crippen molar-refractivity contribution in [2.75, 3.05) is 6.54 Å². The summed E-state index contributed by atoms with van der Waals surface area (Å²) in [6, 6.07) is 1.18. The van der Waals surface area contributed by atoms with Gasteiger partial charge >= 0.3 is 0 Å². The van der Waals surface area contributed by atoms with E-state index in [-0.39, 0.29) is 0 Å². The predicted molar refractivity (Wildman–Crippen MR) is 43.0 cm³/mol. The van der Waals surface area contributed by atoms with Crippen LogP contribution in [0.25, 0.3) is 0 Å². The molecule has 0 fully saturated rings. The van der Waals surface area contributed by atoms with Gasteiger partial charge in [0.1, 0.15) is 6.04 Å². The monoisotopic (exact) mass is 137 g/mol. The molecule has 0 bridgehead atoms. The molecule has 1 aliphatic heterocycles. The molecule has 1 aliphatic rings. The summed E-state index contributed by atoms with van der Waals surface area (Å²) >= 11 is 0. The minimum atomic E-state index is 0.971. The number of hydrogen-bond acceptors (Lipinski definition) is 2. The molecular weight excluding hydrogens is 124 g/mol. The average Bonchev–Trinajstić information content (AvgIpc) is 1.94. The van der Waals surface area contributed by atoms with Gasteiger partial charge in [0.05, 0.1) is 0 Å². The van der Waals surface area contributed by atoms with Crippen LogP contribution in [0.3, 0.4) is 0 Å². The van der Waals surface area contributed by atoms with E-state index in [0.717, 1.165) is 6.54 Å². The van der Waals surface area contributed by atoms with E-state index >= 15 is 0 Å². The largest absolute Gasteiger partial charge is 0.387 e. The first-order chi connectivity index (χ1) is 4.84. The maximum atomic E-state index is 3.24. The van der Waals surface area contributed by atoms with Crippen molar-refractivity contribution in [3.8, 4) is 0 Å². The lowest BCUT2D eigenvalue weighted by molar-refractivity contribution is 0.759. The molecule has 0 unspecified atom stereocenters. The molecule has 1 radical (unpaired) electrons. The average molecular weight is 137 g/mol. The number of nitrogens with one attached hydrogen (secondary N) is 2. The molecule has 2 nitrogen and oxygen atoms in total. The third-order valence-electron chi connectivity index (χ3n) is 1.43. The second-order valence-electron chi connectivity index (χ2n) is 2.24. The van der Waals surface area contributed by atoms with Gasteiger partial charge in [0.2, 0.25) is 0 Å². The highest BCUT2D eigenvalue weighted by atomic mass is 15.0. The van der Waals surface area contributed by atoms with Crippen LogP contribution in [0.5, 0.6) is 0 Å². The van der Waals surface area contributed by atoms with Crippen molar-refractivity contribution in [1.82, 2.24) is 10.6 Å². The van der Waals surface area contributed by atoms with Gasteiger partial charge in [0, 0.05) is 12.2 Å². The highest BCUT2D eigenvalue weighted by molar-refractivity contribution is 5.28. The minimum absolute atomic E-state index is 0.971. The number of likely N-dealkylation sites (N-methyl/N-ethyl adjacent to an activating group) is 1. The van der Waals surface area contributed by atoms with Crippen LogP contribution in [0.2, 0.25) is 0 Å². The first-order valence-electron chi connectivity index (χ1n) is 3.55. The maximum absolute atomic E-state index is 3.24. The van der Waals surface area contributed by atoms with E-state index in [9.17, 15) is 0 Å². The van der Waals surface area contributed by atoms with E-state index in [1.807, 2.05) is 12.3 Å². The Labute approximate surface area is 62.0 Å². The number of allylic oxidation sites excluding steroid dienone is 2. The van der Waals surface area contributed by atoms with Crippen LogP contribution in [0, 0.1) is 6.04 Å². The summed E-state index contributed by atoms with van der Waals surface area (Å²) in [6.07, 6.45) is 5.98. The highest BCUT2D eigenvalue weighted by Gasteiger charge is 2.07. The summed E-state index contributed by atoms with van der Waals surface area (Å²) in [7, 11) is 0. The van der Waals surface area contributed by atoms with Crippen molar-refractivity contribution < 1.29 is 0 Å². The first-order valence-corrected chi connectivity index (χ1v) is 3.55. The van der Waals surface area contributed by atoms with E-state index in [1.54, 1.807) is 0 Å². The Kier molecular flexibility index (Phi) is 2.37. The van der Waals surface area contributed by atoms with Crippen LogP contribution >= 0.6 is 0 Å². The third-order valence-corrected chi connectivity index (χ3v) is 1.43.